The van der Waals surface area contributed by atoms with E-state index in [2.05, 4.69) is 0 Å². The molecule has 3 aromatic rings. The lowest BCUT2D eigenvalue weighted by Gasteiger charge is -2.32. The highest BCUT2D eigenvalue weighted by molar-refractivity contribution is 6.62. The standard InChI is InChI=1S/C23H25BO5/c1-15-12-21(25)27-20-13-18(10-11-19(15)20)26-14-16-6-8-17(9-7-16)24-28-22(2,3)23(4,5)29-24/h6-13H,14H2,1-5H3. The number of hydrogen-bond acceptors (Lipinski definition) is 5. The first kappa shape index (κ1) is 19.7. The summed E-state index contributed by atoms with van der Waals surface area (Å²) in [7, 11) is -0.374. The van der Waals surface area contributed by atoms with Crippen LogP contribution in [0.5, 0.6) is 5.75 Å². The van der Waals surface area contributed by atoms with Crippen LogP contribution in [0.4, 0.5) is 0 Å². The van der Waals surface area contributed by atoms with Crippen LogP contribution in [0.3, 0.4) is 0 Å². The summed E-state index contributed by atoms with van der Waals surface area (Å²) in [6.07, 6.45) is 0. The van der Waals surface area contributed by atoms with E-state index in [1.807, 2.05) is 71.0 Å². The zero-order valence-electron chi connectivity index (χ0n) is 17.4. The van der Waals surface area contributed by atoms with Gasteiger partial charge in [-0.1, -0.05) is 24.3 Å². The molecule has 29 heavy (non-hydrogen) atoms. The third kappa shape index (κ3) is 3.82. The largest absolute Gasteiger partial charge is 0.494 e. The number of fused-ring (bicyclic) bond motifs is 1. The summed E-state index contributed by atoms with van der Waals surface area (Å²) >= 11 is 0. The fraction of sp³-hybridized carbons (Fsp3) is 0.348. The molecule has 1 saturated heterocycles. The molecule has 0 bridgehead atoms. The van der Waals surface area contributed by atoms with E-state index in [9.17, 15) is 4.79 Å². The monoisotopic (exact) mass is 392 g/mol. The molecule has 0 N–H and O–H groups in total. The van der Waals surface area contributed by atoms with Crippen LogP contribution < -0.4 is 15.8 Å². The van der Waals surface area contributed by atoms with Gasteiger partial charge < -0.3 is 18.5 Å². The molecule has 2 aromatic carbocycles. The van der Waals surface area contributed by atoms with Crippen molar-refractivity contribution < 1.29 is 18.5 Å². The second-order valence-electron chi connectivity index (χ2n) is 8.52. The average molecular weight is 392 g/mol. The first-order valence-corrected chi connectivity index (χ1v) is 9.76. The van der Waals surface area contributed by atoms with Gasteiger partial charge in [0.05, 0.1) is 11.2 Å². The van der Waals surface area contributed by atoms with Gasteiger partial charge in [0.25, 0.3) is 0 Å². The Labute approximate surface area is 170 Å². The van der Waals surface area contributed by atoms with Gasteiger partial charge in [-0.05, 0) is 63.3 Å². The summed E-state index contributed by atoms with van der Waals surface area (Å²) in [5, 5.41) is 0.906. The van der Waals surface area contributed by atoms with Crippen molar-refractivity contribution in [2.45, 2.75) is 52.4 Å². The minimum atomic E-state index is -0.374. The second-order valence-corrected chi connectivity index (χ2v) is 8.52. The van der Waals surface area contributed by atoms with Gasteiger partial charge in [-0.15, -0.1) is 0 Å². The Balaban J connectivity index is 1.45. The van der Waals surface area contributed by atoms with Crippen LogP contribution in [0.1, 0.15) is 38.8 Å². The van der Waals surface area contributed by atoms with Crippen molar-refractivity contribution in [1.82, 2.24) is 0 Å². The fourth-order valence-corrected chi connectivity index (χ4v) is 3.31. The molecule has 1 fully saturated rings. The van der Waals surface area contributed by atoms with E-state index in [0.29, 0.717) is 17.9 Å². The zero-order chi connectivity index (χ0) is 20.8. The van der Waals surface area contributed by atoms with Gasteiger partial charge in [-0.25, -0.2) is 4.79 Å². The number of aryl methyl sites for hydroxylation is 1. The zero-order valence-corrected chi connectivity index (χ0v) is 17.4. The molecule has 0 unspecified atom stereocenters. The Bertz CT molecular complexity index is 1080. The van der Waals surface area contributed by atoms with E-state index in [0.717, 1.165) is 22.0 Å². The molecule has 1 aliphatic heterocycles. The molecule has 0 spiro atoms. The minimum absolute atomic E-state index is 0.356. The maximum absolute atomic E-state index is 11.6. The maximum Gasteiger partial charge on any atom is 0.494 e. The summed E-state index contributed by atoms with van der Waals surface area (Å²) in [5.74, 6) is 0.654. The fourth-order valence-electron chi connectivity index (χ4n) is 3.31. The molecular weight excluding hydrogens is 367 g/mol. The predicted molar refractivity (Wildman–Crippen MR) is 114 cm³/mol. The first-order valence-electron chi connectivity index (χ1n) is 9.76. The lowest BCUT2D eigenvalue weighted by atomic mass is 9.79. The third-order valence-corrected chi connectivity index (χ3v) is 5.83. The molecule has 0 radical (unpaired) electrons. The lowest BCUT2D eigenvalue weighted by Crippen LogP contribution is -2.41. The molecule has 1 aromatic heterocycles. The van der Waals surface area contributed by atoms with Crippen LogP contribution in [-0.4, -0.2) is 18.3 Å². The number of rotatable bonds is 4. The van der Waals surface area contributed by atoms with Crippen molar-refractivity contribution in [3.05, 3.63) is 70.1 Å². The Morgan fingerprint density at radius 1 is 0.931 bits per heavy atom. The van der Waals surface area contributed by atoms with Crippen LogP contribution in [0.25, 0.3) is 11.0 Å². The van der Waals surface area contributed by atoms with Crippen LogP contribution in [0, 0.1) is 6.92 Å². The first-order chi connectivity index (χ1) is 13.6. The molecule has 6 heteroatoms. The molecule has 5 nitrogen and oxygen atoms in total. The maximum atomic E-state index is 11.6. The second kappa shape index (κ2) is 7.04. The van der Waals surface area contributed by atoms with Gasteiger partial charge in [-0.3, -0.25) is 0 Å². The van der Waals surface area contributed by atoms with E-state index >= 15 is 0 Å². The van der Waals surface area contributed by atoms with E-state index in [1.165, 1.54) is 6.07 Å². The van der Waals surface area contributed by atoms with Crippen molar-refractivity contribution >= 4 is 23.6 Å². The van der Waals surface area contributed by atoms with Crippen molar-refractivity contribution in [3.63, 3.8) is 0 Å². The van der Waals surface area contributed by atoms with E-state index in [4.69, 9.17) is 18.5 Å². The Hall–Kier alpha value is -2.57. The van der Waals surface area contributed by atoms with Gasteiger partial charge in [0.1, 0.15) is 17.9 Å². The van der Waals surface area contributed by atoms with Crippen LogP contribution in [0.15, 0.2) is 57.7 Å². The topological polar surface area (TPSA) is 57.9 Å². The summed E-state index contributed by atoms with van der Waals surface area (Å²) in [5.41, 5.74) is 2.35. The van der Waals surface area contributed by atoms with E-state index < -0.39 is 0 Å². The molecule has 150 valence electrons. The van der Waals surface area contributed by atoms with Gasteiger partial charge in [0, 0.05) is 17.5 Å². The van der Waals surface area contributed by atoms with Crippen LogP contribution >= 0.6 is 0 Å². The quantitative estimate of drug-likeness (QED) is 0.497. The van der Waals surface area contributed by atoms with Gasteiger partial charge in [0.15, 0.2) is 0 Å². The molecule has 1 aliphatic rings. The van der Waals surface area contributed by atoms with Crippen molar-refractivity contribution in [2.24, 2.45) is 0 Å². The Kier molecular flexibility index (Phi) is 4.79. The van der Waals surface area contributed by atoms with Gasteiger partial charge in [0.2, 0.25) is 0 Å². The molecule has 0 saturated carbocycles. The lowest BCUT2D eigenvalue weighted by molar-refractivity contribution is 0.00578. The van der Waals surface area contributed by atoms with Crippen LogP contribution in [0.2, 0.25) is 0 Å². The number of hydrogen-bond donors (Lipinski definition) is 0. The Morgan fingerprint density at radius 2 is 1.59 bits per heavy atom. The molecule has 0 amide bonds. The minimum Gasteiger partial charge on any atom is -0.489 e. The van der Waals surface area contributed by atoms with E-state index in [1.54, 1.807) is 6.07 Å². The summed E-state index contributed by atoms with van der Waals surface area (Å²) < 4.78 is 23.3. The van der Waals surface area contributed by atoms with E-state index in [-0.39, 0.29) is 23.9 Å². The predicted octanol–water partition coefficient (Wildman–Crippen LogP) is 3.98. The van der Waals surface area contributed by atoms with Crippen molar-refractivity contribution in [2.75, 3.05) is 0 Å². The molecule has 0 atom stereocenters. The summed E-state index contributed by atoms with van der Waals surface area (Å²) in [4.78, 5) is 11.6. The Morgan fingerprint density at radius 3 is 2.24 bits per heavy atom. The molecule has 4 rings (SSSR count). The van der Waals surface area contributed by atoms with Crippen LogP contribution in [-0.2, 0) is 15.9 Å². The SMILES string of the molecule is Cc1cc(=O)oc2cc(OCc3ccc(B4OC(C)(C)C(C)(C)O4)cc3)ccc12. The highest BCUT2D eigenvalue weighted by Crippen LogP contribution is 2.36. The summed E-state index contributed by atoms with van der Waals surface area (Å²) in [6, 6.07) is 15.1. The highest BCUT2D eigenvalue weighted by Gasteiger charge is 2.51. The summed E-state index contributed by atoms with van der Waals surface area (Å²) in [6.45, 7) is 10.5. The number of ether oxygens (including phenoxy) is 1. The third-order valence-electron chi connectivity index (χ3n) is 5.83. The molecular formula is C23H25BO5. The average Bonchev–Trinajstić information content (AvgIpc) is 2.87. The molecule has 0 aliphatic carbocycles. The van der Waals surface area contributed by atoms with Crippen molar-refractivity contribution in [1.29, 1.82) is 0 Å². The van der Waals surface area contributed by atoms with Gasteiger partial charge in [-0.2, -0.15) is 0 Å². The smallest absolute Gasteiger partial charge is 0.489 e. The molecule has 2 heterocycles. The normalized spacial score (nSPS) is 17.6. The number of benzene rings is 2. The highest BCUT2D eigenvalue weighted by atomic mass is 16.7. The van der Waals surface area contributed by atoms with Gasteiger partial charge >= 0.3 is 12.7 Å². The van der Waals surface area contributed by atoms with Crippen molar-refractivity contribution in [3.8, 4) is 5.75 Å².